The molecule has 0 saturated heterocycles. The van der Waals surface area contributed by atoms with Crippen molar-refractivity contribution in [2.24, 2.45) is 58.2 Å². The van der Waals surface area contributed by atoms with E-state index in [9.17, 15) is 0 Å². The molecule has 0 nitrogen and oxygen atoms in total. The molecule has 0 N–H and O–H groups in total. The second-order valence-electron chi connectivity index (χ2n) is 14.2. The van der Waals surface area contributed by atoms with Crippen molar-refractivity contribution in [3.05, 3.63) is 83.9 Å². The molecule has 0 radical (unpaired) electrons. The van der Waals surface area contributed by atoms with E-state index in [4.69, 9.17) is 0 Å². The van der Waals surface area contributed by atoms with Crippen LogP contribution in [0.15, 0.2) is 72.8 Å². The molecule has 10 rings (SSSR count). The summed E-state index contributed by atoms with van der Waals surface area (Å²) in [5, 5.41) is 0. The van der Waals surface area contributed by atoms with E-state index in [1.54, 1.807) is 0 Å². The van der Waals surface area contributed by atoms with Gasteiger partial charge >= 0.3 is 0 Å². The highest BCUT2D eigenvalue weighted by molar-refractivity contribution is 5.52. The highest BCUT2D eigenvalue weighted by Gasteiger charge is 2.65. The standard InChI is InChI=1S/C36H42/c1-3-7-25(8-4-1)11-13-35-21-27-15-28(22-35)18-31(17-27)33(35)34-32-19-29-16-30(20-32)24-36(34,23-29)14-12-26-9-5-2-6-10-26/h1-14,27-34H,15-24H2. The number of hydrogen-bond donors (Lipinski definition) is 0. The molecule has 0 heteroatoms. The number of benzene rings is 2. The largest absolute Gasteiger partial charge is 0.0774 e. The van der Waals surface area contributed by atoms with Crippen LogP contribution in [0.5, 0.6) is 0 Å². The molecule has 8 saturated carbocycles. The van der Waals surface area contributed by atoms with Crippen LogP contribution in [-0.4, -0.2) is 0 Å². The average molecular weight is 475 g/mol. The maximum Gasteiger partial charge on any atom is -0.00757 e. The van der Waals surface area contributed by atoms with Crippen LogP contribution in [0.4, 0.5) is 0 Å². The minimum Gasteiger partial charge on any atom is -0.0774 e. The van der Waals surface area contributed by atoms with Crippen molar-refractivity contribution in [2.45, 2.75) is 64.2 Å². The van der Waals surface area contributed by atoms with E-state index in [0.717, 1.165) is 47.3 Å². The topological polar surface area (TPSA) is 0 Å². The smallest absolute Gasteiger partial charge is 0.00757 e. The van der Waals surface area contributed by atoms with Crippen LogP contribution < -0.4 is 0 Å². The van der Waals surface area contributed by atoms with Crippen molar-refractivity contribution >= 4 is 12.2 Å². The molecule has 0 aromatic heterocycles. The van der Waals surface area contributed by atoms with Gasteiger partial charge in [0, 0.05) is 0 Å². The van der Waals surface area contributed by atoms with Gasteiger partial charge in [-0.3, -0.25) is 0 Å². The Hall–Kier alpha value is -2.08. The molecular formula is C36H42. The molecule has 0 heterocycles. The second kappa shape index (κ2) is 8.21. The van der Waals surface area contributed by atoms with Crippen molar-refractivity contribution in [1.82, 2.24) is 0 Å². The van der Waals surface area contributed by atoms with E-state index in [1.165, 1.54) is 75.3 Å². The fourth-order valence-electron chi connectivity index (χ4n) is 11.7. The molecule has 6 unspecified atom stereocenters. The van der Waals surface area contributed by atoms with Gasteiger partial charge in [0.15, 0.2) is 0 Å². The Balaban J connectivity index is 1.22. The molecule has 2 aromatic rings. The molecule has 36 heavy (non-hydrogen) atoms. The lowest BCUT2D eigenvalue weighted by Crippen LogP contribution is -2.62. The monoisotopic (exact) mass is 474 g/mol. The third-order valence-electron chi connectivity index (χ3n) is 12.1. The number of allylic oxidation sites excluding steroid dienone is 2. The summed E-state index contributed by atoms with van der Waals surface area (Å²) in [5.74, 6) is 7.71. The Morgan fingerprint density at radius 1 is 0.472 bits per heavy atom. The Morgan fingerprint density at radius 3 is 1.19 bits per heavy atom. The van der Waals surface area contributed by atoms with E-state index in [1.807, 2.05) is 0 Å². The molecule has 8 bridgehead atoms. The first-order valence-electron chi connectivity index (χ1n) is 15.2. The zero-order chi connectivity index (χ0) is 23.7. The fourth-order valence-corrected chi connectivity index (χ4v) is 11.7. The van der Waals surface area contributed by atoms with E-state index in [0.29, 0.717) is 10.8 Å². The highest BCUT2D eigenvalue weighted by Crippen LogP contribution is 2.73. The molecule has 0 spiro atoms. The van der Waals surface area contributed by atoms with Crippen LogP contribution in [0.2, 0.25) is 0 Å². The lowest BCUT2D eigenvalue weighted by Gasteiger charge is -2.70. The zero-order valence-electron chi connectivity index (χ0n) is 21.8. The molecule has 0 aliphatic heterocycles. The summed E-state index contributed by atoms with van der Waals surface area (Å²) in [6.45, 7) is 0. The van der Waals surface area contributed by atoms with Crippen LogP contribution >= 0.6 is 0 Å². The van der Waals surface area contributed by atoms with Gasteiger partial charge in [-0.25, -0.2) is 0 Å². The van der Waals surface area contributed by atoms with Gasteiger partial charge in [-0.2, -0.15) is 0 Å². The lowest BCUT2D eigenvalue weighted by atomic mass is 9.35. The van der Waals surface area contributed by atoms with Crippen molar-refractivity contribution < 1.29 is 0 Å². The second-order valence-corrected chi connectivity index (χ2v) is 14.2. The maximum atomic E-state index is 2.79. The average Bonchev–Trinajstić information content (AvgIpc) is 2.88. The van der Waals surface area contributed by atoms with Gasteiger partial charge in [-0.15, -0.1) is 0 Å². The summed E-state index contributed by atoms with van der Waals surface area (Å²) >= 11 is 0. The lowest BCUT2D eigenvalue weighted by molar-refractivity contribution is -0.184. The maximum absolute atomic E-state index is 2.79. The van der Waals surface area contributed by atoms with E-state index in [-0.39, 0.29) is 0 Å². The van der Waals surface area contributed by atoms with Gasteiger partial charge in [-0.1, -0.05) is 85.0 Å². The van der Waals surface area contributed by atoms with Crippen molar-refractivity contribution in [2.75, 3.05) is 0 Å². The van der Waals surface area contributed by atoms with Gasteiger partial charge in [0.25, 0.3) is 0 Å². The van der Waals surface area contributed by atoms with Crippen LogP contribution in [0.3, 0.4) is 0 Å². The minimum atomic E-state index is 0.443. The quantitative estimate of drug-likeness (QED) is 0.405. The molecule has 6 atom stereocenters. The van der Waals surface area contributed by atoms with Gasteiger partial charge in [0.1, 0.15) is 0 Å². The number of hydrogen-bond acceptors (Lipinski definition) is 0. The van der Waals surface area contributed by atoms with Crippen LogP contribution in [0, 0.1) is 58.2 Å². The highest BCUT2D eigenvalue weighted by atomic mass is 14.7. The third-order valence-corrected chi connectivity index (χ3v) is 12.1. The summed E-state index contributed by atoms with van der Waals surface area (Å²) < 4.78 is 0. The summed E-state index contributed by atoms with van der Waals surface area (Å²) in [7, 11) is 0. The van der Waals surface area contributed by atoms with Crippen molar-refractivity contribution in [1.29, 1.82) is 0 Å². The summed E-state index contributed by atoms with van der Waals surface area (Å²) in [6.07, 6.45) is 25.7. The summed E-state index contributed by atoms with van der Waals surface area (Å²) in [6, 6.07) is 22.4. The van der Waals surface area contributed by atoms with E-state index >= 15 is 0 Å². The molecule has 8 aliphatic rings. The molecule has 8 fully saturated rings. The van der Waals surface area contributed by atoms with Gasteiger partial charge in [0.05, 0.1) is 0 Å². The Kier molecular flexibility index (Phi) is 5.01. The number of fused-ring (bicyclic) bond motifs is 1. The van der Waals surface area contributed by atoms with Crippen molar-refractivity contribution in [3.8, 4) is 0 Å². The Morgan fingerprint density at radius 2 is 0.833 bits per heavy atom. The minimum absolute atomic E-state index is 0.443. The zero-order valence-corrected chi connectivity index (χ0v) is 21.8. The molecule has 8 aliphatic carbocycles. The fraction of sp³-hybridized carbons (Fsp3) is 0.556. The van der Waals surface area contributed by atoms with Crippen LogP contribution in [0.25, 0.3) is 12.2 Å². The van der Waals surface area contributed by atoms with Gasteiger partial charge in [0.2, 0.25) is 0 Å². The van der Waals surface area contributed by atoms with Gasteiger partial charge in [-0.05, 0) is 134 Å². The molecular weight excluding hydrogens is 432 g/mol. The number of rotatable bonds is 5. The summed E-state index contributed by atoms with van der Waals surface area (Å²) in [5.41, 5.74) is 3.68. The molecule has 2 aromatic carbocycles. The Labute approximate surface area is 218 Å². The predicted octanol–water partition coefficient (Wildman–Crippen LogP) is 9.30. The predicted molar refractivity (Wildman–Crippen MR) is 150 cm³/mol. The van der Waals surface area contributed by atoms with Gasteiger partial charge < -0.3 is 0 Å². The normalized spacial score (nSPS) is 46.3. The SMILES string of the molecule is C(=CC12CC3CC(CC(C3)C1C1C3CC4CC(C3)CC1(C=Cc1ccccc1)C4)C2)c1ccccc1. The van der Waals surface area contributed by atoms with Crippen LogP contribution in [0.1, 0.15) is 75.3 Å². The van der Waals surface area contributed by atoms with E-state index < -0.39 is 0 Å². The van der Waals surface area contributed by atoms with E-state index in [2.05, 4.69) is 85.0 Å². The first-order valence-corrected chi connectivity index (χ1v) is 15.2. The third kappa shape index (κ3) is 3.46. The Bertz CT molecular complexity index is 1030. The molecule has 186 valence electrons. The summed E-state index contributed by atoms with van der Waals surface area (Å²) in [4.78, 5) is 0. The first kappa shape index (κ1) is 22.0. The van der Waals surface area contributed by atoms with Crippen molar-refractivity contribution in [3.63, 3.8) is 0 Å². The first-order chi connectivity index (χ1) is 17.7. The molecule has 0 amide bonds. The van der Waals surface area contributed by atoms with Crippen LogP contribution in [-0.2, 0) is 0 Å².